The average molecular weight is 579 g/mol. The van der Waals surface area contributed by atoms with Crippen molar-refractivity contribution < 1.29 is 14.3 Å². The summed E-state index contributed by atoms with van der Waals surface area (Å²) < 4.78 is 14.5. The summed E-state index contributed by atoms with van der Waals surface area (Å²) >= 11 is 7.09. The number of hydrogen-bond donors (Lipinski definition) is 2. The second-order valence-corrected chi connectivity index (χ2v) is 10.1. The van der Waals surface area contributed by atoms with Gasteiger partial charge in [0.15, 0.2) is 5.17 Å². The second-order valence-electron chi connectivity index (χ2n) is 8.71. The predicted molar refractivity (Wildman–Crippen MR) is 154 cm³/mol. The van der Waals surface area contributed by atoms with E-state index in [9.17, 15) is 14.3 Å². The van der Waals surface area contributed by atoms with Gasteiger partial charge in [0, 0.05) is 38.8 Å². The lowest BCUT2D eigenvalue weighted by molar-refractivity contribution is 0.0645. The van der Waals surface area contributed by atoms with Gasteiger partial charge in [-0.2, -0.15) is 0 Å². The molecule has 2 fully saturated rings. The highest BCUT2D eigenvalue weighted by atomic mass is 35.5. The molecule has 2 unspecified atom stereocenters. The summed E-state index contributed by atoms with van der Waals surface area (Å²) in [6, 6.07) is 4.46. The highest BCUT2D eigenvalue weighted by molar-refractivity contribution is 8.19. The van der Waals surface area contributed by atoms with Gasteiger partial charge in [-0.05, 0) is 67.0 Å². The third kappa shape index (κ3) is 6.90. The van der Waals surface area contributed by atoms with E-state index in [1.807, 2.05) is 6.08 Å². The van der Waals surface area contributed by atoms with Crippen LogP contribution < -0.4 is 5.32 Å². The number of aliphatic imine (C=N–C) groups is 1. The molecular weight excluding hydrogens is 544 g/mol. The van der Waals surface area contributed by atoms with Crippen molar-refractivity contribution in [1.82, 2.24) is 20.0 Å². The van der Waals surface area contributed by atoms with Gasteiger partial charge < -0.3 is 25.1 Å². The van der Waals surface area contributed by atoms with Crippen LogP contribution in [0.2, 0.25) is 0 Å². The Morgan fingerprint density at radius 1 is 1.28 bits per heavy atom. The van der Waals surface area contributed by atoms with Crippen molar-refractivity contribution in [3.63, 3.8) is 0 Å². The van der Waals surface area contributed by atoms with E-state index in [1.165, 1.54) is 28.8 Å². The van der Waals surface area contributed by atoms with Crippen LogP contribution in [0.15, 0.2) is 28.1 Å². The molecule has 0 bridgehead atoms. The lowest BCUT2D eigenvalue weighted by Crippen LogP contribution is -2.48. The largest absolute Gasteiger partial charge is 0.465 e. The number of nitrogens with one attached hydrogen (secondary N) is 1. The van der Waals surface area contributed by atoms with Crippen molar-refractivity contribution in [1.29, 1.82) is 0 Å². The zero-order valence-electron chi connectivity index (χ0n) is 20.5. The van der Waals surface area contributed by atoms with Crippen LogP contribution in [0.25, 0.3) is 6.08 Å². The van der Waals surface area contributed by atoms with Crippen LogP contribution in [0.1, 0.15) is 43.9 Å². The molecule has 4 rings (SSSR count). The van der Waals surface area contributed by atoms with Gasteiger partial charge in [-0.15, -0.1) is 24.8 Å². The number of likely N-dealkylation sites (tertiary alicyclic amines) is 1. The fourth-order valence-electron chi connectivity index (χ4n) is 5.04. The minimum absolute atomic E-state index is 0. The molecule has 200 valence electrons. The SMILES string of the molecule is CCN(CC)C1CCN(C(=O)O)C(c2cc(F)ccc2C=C2SC(N3CCNCC3)=NC2=S)C1.Cl.Cl. The van der Waals surface area contributed by atoms with Gasteiger partial charge in [-0.25, -0.2) is 14.2 Å². The van der Waals surface area contributed by atoms with Crippen LogP contribution in [0.4, 0.5) is 9.18 Å². The first kappa shape index (κ1) is 30.8. The fraction of sp³-hybridized carbons (Fsp3) is 0.542. The van der Waals surface area contributed by atoms with Gasteiger partial charge in [-0.1, -0.05) is 32.1 Å². The van der Waals surface area contributed by atoms with E-state index in [4.69, 9.17) is 12.2 Å². The molecule has 1 aromatic rings. The second kappa shape index (κ2) is 13.9. The van der Waals surface area contributed by atoms with Crippen LogP contribution >= 0.6 is 48.8 Å². The molecule has 3 aliphatic heterocycles. The Labute approximate surface area is 234 Å². The van der Waals surface area contributed by atoms with Crippen molar-refractivity contribution in [2.45, 2.75) is 38.8 Å². The van der Waals surface area contributed by atoms with Gasteiger partial charge in [0.2, 0.25) is 0 Å². The topological polar surface area (TPSA) is 71.4 Å². The maximum Gasteiger partial charge on any atom is 0.407 e. The van der Waals surface area contributed by atoms with Gasteiger partial charge >= 0.3 is 6.09 Å². The summed E-state index contributed by atoms with van der Waals surface area (Å²) in [5.41, 5.74) is 1.48. The maximum absolute atomic E-state index is 14.5. The molecular formula is C24H34Cl2FN5O2S2. The molecule has 3 heterocycles. The van der Waals surface area contributed by atoms with E-state index in [2.05, 4.69) is 34.0 Å². The first-order valence-electron chi connectivity index (χ1n) is 11.9. The number of amidine groups is 1. The Hall–Kier alpha value is -1.43. The highest BCUT2D eigenvalue weighted by Gasteiger charge is 2.36. The standard InChI is InChI=1S/C24H32FN5O2S2.2ClH/c1-3-28(4-2)18-7-10-30(24(31)32)20(15-18)19-14-17(25)6-5-16(19)13-21-22(33)27-23(34-21)29-11-8-26-9-12-29;;/h5-6,13-14,18,20,26H,3-4,7-12,15H2,1-2H3,(H,31,32);2*1H. The van der Waals surface area contributed by atoms with Crippen LogP contribution in [0.5, 0.6) is 0 Å². The first-order valence-corrected chi connectivity index (χ1v) is 13.1. The molecule has 1 amide bonds. The van der Waals surface area contributed by atoms with Crippen LogP contribution in [0, 0.1) is 5.82 Å². The van der Waals surface area contributed by atoms with Gasteiger partial charge in [0.25, 0.3) is 0 Å². The van der Waals surface area contributed by atoms with E-state index >= 15 is 0 Å². The highest BCUT2D eigenvalue weighted by Crippen LogP contribution is 2.38. The summed E-state index contributed by atoms with van der Waals surface area (Å²) in [6.07, 6.45) is 2.38. The zero-order chi connectivity index (χ0) is 24.2. The summed E-state index contributed by atoms with van der Waals surface area (Å²) in [5, 5.41) is 14.2. The lowest BCUT2D eigenvalue weighted by atomic mass is 9.88. The van der Waals surface area contributed by atoms with E-state index < -0.39 is 12.1 Å². The van der Waals surface area contributed by atoms with Crippen molar-refractivity contribution in [3.05, 3.63) is 40.0 Å². The van der Waals surface area contributed by atoms with E-state index in [0.29, 0.717) is 23.5 Å². The maximum atomic E-state index is 14.5. The smallest absolute Gasteiger partial charge is 0.407 e. The number of piperidine rings is 1. The lowest BCUT2D eigenvalue weighted by Gasteiger charge is -2.42. The van der Waals surface area contributed by atoms with Crippen molar-refractivity contribution in [2.75, 3.05) is 45.8 Å². The summed E-state index contributed by atoms with van der Waals surface area (Å²) in [4.78, 5) is 24.1. The summed E-state index contributed by atoms with van der Waals surface area (Å²) in [5.74, 6) is -0.369. The van der Waals surface area contributed by atoms with Crippen LogP contribution in [-0.4, -0.2) is 87.9 Å². The molecule has 0 spiro atoms. The Balaban J connectivity index is 0.00000228. The number of rotatable bonds is 5. The number of nitrogens with zero attached hydrogens (tertiary/aromatic N) is 4. The molecule has 1 aromatic carbocycles. The normalized spacial score (nSPS) is 23.4. The summed E-state index contributed by atoms with van der Waals surface area (Å²) in [7, 11) is 0. The Bertz CT molecular complexity index is 1000. The summed E-state index contributed by atoms with van der Waals surface area (Å²) in [6.45, 7) is 10.1. The molecule has 2 saturated heterocycles. The number of hydrogen-bond acceptors (Lipinski definition) is 6. The predicted octanol–water partition coefficient (Wildman–Crippen LogP) is 4.87. The van der Waals surface area contributed by atoms with Crippen LogP contribution in [0.3, 0.4) is 0 Å². The van der Waals surface area contributed by atoms with Crippen molar-refractivity contribution in [3.8, 4) is 0 Å². The molecule has 3 aliphatic rings. The number of carbonyl (C=O) groups is 1. The molecule has 0 aliphatic carbocycles. The number of halogens is 3. The quantitative estimate of drug-likeness (QED) is 0.382. The van der Waals surface area contributed by atoms with Gasteiger partial charge in [0.05, 0.1) is 10.9 Å². The van der Waals surface area contributed by atoms with Crippen molar-refractivity contribution in [2.24, 2.45) is 4.99 Å². The van der Waals surface area contributed by atoms with E-state index in [1.54, 1.807) is 6.07 Å². The Morgan fingerprint density at radius 3 is 2.61 bits per heavy atom. The van der Waals surface area contributed by atoms with E-state index in [-0.39, 0.29) is 36.7 Å². The monoisotopic (exact) mass is 577 g/mol. The molecule has 0 aromatic heterocycles. The number of thiocarbonyl (C=S) groups is 1. The minimum atomic E-state index is -0.971. The molecule has 7 nitrogen and oxygen atoms in total. The third-order valence-electron chi connectivity index (χ3n) is 6.84. The molecule has 36 heavy (non-hydrogen) atoms. The van der Waals surface area contributed by atoms with E-state index in [0.717, 1.165) is 61.3 Å². The molecule has 2 atom stereocenters. The van der Waals surface area contributed by atoms with Gasteiger partial charge in [-0.3, -0.25) is 0 Å². The van der Waals surface area contributed by atoms with Crippen LogP contribution in [-0.2, 0) is 0 Å². The molecule has 0 radical (unpaired) electrons. The first-order chi connectivity index (χ1) is 16.4. The van der Waals surface area contributed by atoms with Crippen molar-refractivity contribution >= 4 is 71.1 Å². The number of benzene rings is 1. The number of amides is 1. The number of thioether (sulfide) groups is 1. The molecule has 12 heteroatoms. The number of carboxylic acid groups (broad SMARTS) is 1. The Morgan fingerprint density at radius 2 is 1.97 bits per heavy atom. The zero-order valence-corrected chi connectivity index (χ0v) is 23.7. The third-order valence-corrected chi connectivity index (χ3v) is 8.34. The minimum Gasteiger partial charge on any atom is -0.465 e. The number of piperazine rings is 1. The molecule has 2 N–H and O–H groups in total. The molecule has 0 saturated carbocycles. The Kier molecular flexibility index (Phi) is 11.9. The average Bonchev–Trinajstić information content (AvgIpc) is 3.21. The van der Waals surface area contributed by atoms with Gasteiger partial charge in [0.1, 0.15) is 10.8 Å². The fourth-order valence-corrected chi connectivity index (χ4v) is 6.33.